The van der Waals surface area contributed by atoms with Gasteiger partial charge in [-0.1, -0.05) is 0 Å². The highest BCUT2D eigenvalue weighted by Gasteiger charge is 2.21. The lowest BCUT2D eigenvalue weighted by Crippen LogP contribution is -2.37. The third kappa shape index (κ3) is 5.61. The number of carbonyl (C=O) groups is 2. The maximum absolute atomic E-state index is 12.8. The Kier molecular flexibility index (Phi) is 6.53. The zero-order valence-corrected chi connectivity index (χ0v) is 13.6. The molecule has 0 atom stereocenters. The Morgan fingerprint density at radius 1 is 1.20 bits per heavy atom. The number of methoxy groups -OCH3 is 1. The van der Waals surface area contributed by atoms with Crippen molar-refractivity contribution in [2.45, 2.75) is 6.61 Å². The molecular formula is C17H18FNO6. The number of carbonyl (C=O) groups excluding carboxylic acids is 1. The molecular weight excluding hydrogens is 333 g/mol. The topological polar surface area (TPSA) is 89.2 Å². The maximum Gasteiger partial charge on any atom is 0.323 e. The average Bonchev–Trinajstić information content (AvgIpc) is 3.06. The fraction of sp³-hybridized carbons (Fsp3) is 0.294. The number of halogens is 1. The quantitative estimate of drug-likeness (QED) is 0.745. The number of carboxylic acids is 1. The summed E-state index contributed by atoms with van der Waals surface area (Å²) in [4.78, 5) is 24.3. The van der Waals surface area contributed by atoms with Crippen molar-refractivity contribution in [1.29, 1.82) is 0 Å². The summed E-state index contributed by atoms with van der Waals surface area (Å²) < 4.78 is 28.5. The number of hydrogen-bond acceptors (Lipinski definition) is 5. The van der Waals surface area contributed by atoms with Gasteiger partial charge < -0.3 is 23.9 Å². The Bertz CT molecular complexity index is 712. The maximum atomic E-state index is 12.8. The van der Waals surface area contributed by atoms with E-state index in [-0.39, 0.29) is 31.3 Å². The Labute approximate surface area is 143 Å². The van der Waals surface area contributed by atoms with E-state index < -0.39 is 18.4 Å². The zero-order valence-electron chi connectivity index (χ0n) is 13.6. The predicted molar refractivity (Wildman–Crippen MR) is 84.9 cm³/mol. The minimum Gasteiger partial charge on any atom is -0.486 e. The van der Waals surface area contributed by atoms with Gasteiger partial charge in [-0.25, -0.2) is 4.39 Å². The summed E-state index contributed by atoms with van der Waals surface area (Å²) in [6.07, 6.45) is 0. The molecule has 0 aliphatic rings. The fourth-order valence-corrected chi connectivity index (χ4v) is 2.03. The van der Waals surface area contributed by atoms with E-state index >= 15 is 0 Å². The summed E-state index contributed by atoms with van der Waals surface area (Å²) in [5, 5.41) is 8.90. The fourth-order valence-electron chi connectivity index (χ4n) is 2.03. The van der Waals surface area contributed by atoms with Gasteiger partial charge in [0.2, 0.25) is 0 Å². The molecule has 25 heavy (non-hydrogen) atoms. The van der Waals surface area contributed by atoms with Crippen LogP contribution in [0.5, 0.6) is 5.75 Å². The molecule has 0 spiro atoms. The Morgan fingerprint density at radius 3 is 2.56 bits per heavy atom. The van der Waals surface area contributed by atoms with Crippen LogP contribution in [-0.4, -0.2) is 48.7 Å². The van der Waals surface area contributed by atoms with E-state index in [1.807, 2.05) is 0 Å². The highest BCUT2D eigenvalue weighted by Crippen LogP contribution is 2.16. The van der Waals surface area contributed by atoms with E-state index in [1.165, 1.54) is 37.4 Å². The molecule has 0 unspecified atom stereocenters. The summed E-state index contributed by atoms with van der Waals surface area (Å²) >= 11 is 0. The first-order valence-corrected chi connectivity index (χ1v) is 7.46. The van der Waals surface area contributed by atoms with E-state index in [0.29, 0.717) is 11.5 Å². The molecule has 0 fully saturated rings. The molecule has 8 heteroatoms. The van der Waals surface area contributed by atoms with Gasteiger partial charge in [0.05, 0.1) is 6.61 Å². The van der Waals surface area contributed by atoms with E-state index in [0.717, 1.165) is 4.90 Å². The number of carboxylic acid groups (broad SMARTS) is 1. The highest BCUT2D eigenvalue weighted by atomic mass is 19.1. The van der Waals surface area contributed by atoms with E-state index in [4.69, 9.17) is 19.0 Å². The van der Waals surface area contributed by atoms with Crippen LogP contribution in [0.4, 0.5) is 4.39 Å². The van der Waals surface area contributed by atoms with Gasteiger partial charge in [0.25, 0.3) is 5.91 Å². The molecule has 0 saturated carbocycles. The van der Waals surface area contributed by atoms with Gasteiger partial charge in [-0.2, -0.15) is 0 Å². The molecule has 1 heterocycles. The minimum atomic E-state index is -1.13. The van der Waals surface area contributed by atoms with Crippen LogP contribution in [0.2, 0.25) is 0 Å². The molecule has 2 rings (SSSR count). The van der Waals surface area contributed by atoms with Crippen LogP contribution in [0.25, 0.3) is 0 Å². The number of benzene rings is 1. The number of hydrogen-bond donors (Lipinski definition) is 1. The van der Waals surface area contributed by atoms with Gasteiger partial charge in [-0.05, 0) is 36.4 Å². The van der Waals surface area contributed by atoms with Crippen molar-refractivity contribution < 1.29 is 33.0 Å². The number of furan rings is 1. The SMILES string of the molecule is COCCN(CC(=O)O)C(=O)c1ccc(COc2ccc(F)cc2)o1. The minimum absolute atomic E-state index is 0.00931. The lowest BCUT2D eigenvalue weighted by Gasteiger charge is -2.18. The molecule has 0 bridgehead atoms. The number of ether oxygens (including phenoxy) is 2. The van der Waals surface area contributed by atoms with Gasteiger partial charge in [0.1, 0.15) is 30.5 Å². The molecule has 7 nitrogen and oxygen atoms in total. The van der Waals surface area contributed by atoms with Crippen molar-refractivity contribution >= 4 is 11.9 Å². The van der Waals surface area contributed by atoms with Crippen molar-refractivity contribution in [3.05, 3.63) is 53.7 Å². The molecule has 0 saturated heterocycles. The van der Waals surface area contributed by atoms with Crippen LogP contribution >= 0.6 is 0 Å². The van der Waals surface area contributed by atoms with Crippen molar-refractivity contribution in [3.63, 3.8) is 0 Å². The lowest BCUT2D eigenvalue weighted by molar-refractivity contribution is -0.137. The van der Waals surface area contributed by atoms with E-state index in [9.17, 15) is 14.0 Å². The van der Waals surface area contributed by atoms with E-state index in [1.54, 1.807) is 6.07 Å². The van der Waals surface area contributed by atoms with E-state index in [2.05, 4.69) is 0 Å². The Balaban J connectivity index is 1.98. The molecule has 2 aromatic rings. The zero-order chi connectivity index (χ0) is 18.2. The molecule has 0 radical (unpaired) electrons. The third-order valence-electron chi connectivity index (χ3n) is 3.25. The first-order chi connectivity index (χ1) is 12.0. The molecule has 1 N–H and O–H groups in total. The second kappa shape index (κ2) is 8.84. The Morgan fingerprint density at radius 2 is 1.92 bits per heavy atom. The standard InChI is InChI=1S/C17H18FNO6/c1-23-9-8-19(10-16(20)21)17(22)15-7-6-14(25-15)11-24-13-4-2-12(18)3-5-13/h2-7H,8-11H2,1H3,(H,20,21). The van der Waals surface area contributed by atoms with Gasteiger partial charge in [-0.3, -0.25) is 9.59 Å². The number of amides is 1. The summed E-state index contributed by atoms with van der Waals surface area (Å²) in [6, 6.07) is 8.50. The van der Waals surface area contributed by atoms with Gasteiger partial charge in [-0.15, -0.1) is 0 Å². The number of aliphatic carboxylic acids is 1. The van der Waals surface area contributed by atoms with Crippen LogP contribution in [-0.2, 0) is 16.1 Å². The lowest BCUT2D eigenvalue weighted by atomic mass is 10.3. The van der Waals surface area contributed by atoms with Crippen LogP contribution in [0.15, 0.2) is 40.8 Å². The van der Waals surface area contributed by atoms with Crippen molar-refractivity contribution in [2.75, 3.05) is 26.8 Å². The summed E-state index contributed by atoms with van der Waals surface area (Å²) in [5.41, 5.74) is 0. The third-order valence-corrected chi connectivity index (χ3v) is 3.25. The molecule has 1 aromatic heterocycles. The first kappa shape index (κ1) is 18.5. The van der Waals surface area contributed by atoms with Gasteiger partial charge in [0.15, 0.2) is 5.76 Å². The van der Waals surface area contributed by atoms with Crippen LogP contribution < -0.4 is 4.74 Å². The normalized spacial score (nSPS) is 10.5. The predicted octanol–water partition coefficient (Wildman–Crippen LogP) is 2.17. The number of rotatable bonds is 9. The Hall–Kier alpha value is -2.87. The molecule has 1 aromatic carbocycles. The molecule has 0 aliphatic carbocycles. The second-order valence-electron chi connectivity index (χ2n) is 5.12. The smallest absolute Gasteiger partial charge is 0.323 e. The van der Waals surface area contributed by atoms with Crippen molar-refractivity contribution in [3.8, 4) is 5.75 Å². The first-order valence-electron chi connectivity index (χ1n) is 7.46. The molecule has 134 valence electrons. The summed E-state index contributed by atoms with van der Waals surface area (Å²) in [6.45, 7) is -0.0652. The van der Waals surface area contributed by atoms with Crippen LogP contribution in [0, 0.1) is 5.82 Å². The van der Waals surface area contributed by atoms with Gasteiger partial charge >= 0.3 is 5.97 Å². The largest absolute Gasteiger partial charge is 0.486 e. The van der Waals surface area contributed by atoms with Crippen LogP contribution in [0.3, 0.4) is 0 Å². The molecule has 0 aliphatic heterocycles. The van der Waals surface area contributed by atoms with Gasteiger partial charge in [0, 0.05) is 13.7 Å². The monoisotopic (exact) mass is 351 g/mol. The summed E-state index contributed by atoms with van der Waals surface area (Å²) in [7, 11) is 1.46. The van der Waals surface area contributed by atoms with Crippen molar-refractivity contribution in [2.24, 2.45) is 0 Å². The van der Waals surface area contributed by atoms with Crippen molar-refractivity contribution in [1.82, 2.24) is 4.90 Å². The number of nitrogens with zero attached hydrogens (tertiary/aromatic N) is 1. The highest BCUT2D eigenvalue weighted by molar-refractivity contribution is 5.93. The second-order valence-corrected chi connectivity index (χ2v) is 5.12. The average molecular weight is 351 g/mol. The summed E-state index contributed by atoms with van der Waals surface area (Å²) in [5.74, 6) is -1.20. The van der Waals surface area contributed by atoms with Crippen LogP contribution in [0.1, 0.15) is 16.3 Å². The molecule has 1 amide bonds.